The second kappa shape index (κ2) is 5.00. The number of likely N-dealkylation sites (tertiary alicyclic amines) is 1. The molecular weight excluding hydrogens is 268 g/mol. The van der Waals surface area contributed by atoms with E-state index < -0.39 is 15.9 Å². The molecule has 19 heavy (non-hydrogen) atoms. The lowest BCUT2D eigenvalue weighted by molar-refractivity contribution is -0.145. The predicted octanol–water partition coefficient (Wildman–Crippen LogP) is -0.235. The molecule has 0 saturated carbocycles. The summed E-state index contributed by atoms with van der Waals surface area (Å²) in [6.07, 6.45) is 0. The number of nitrogens with one attached hydrogen (secondary N) is 1. The van der Waals surface area contributed by atoms with Crippen molar-refractivity contribution in [1.29, 1.82) is 0 Å². The van der Waals surface area contributed by atoms with Gasteiger partial charge in [-0.2, -0.15) is 0 Å². The average molecular weight is 282 g/mol. The zero-order valence-electron chi connectivity index (χ0n) is 10.4. The Labute approximate surface area is 111 Å². The van der Waals surface area contributed by atoms with Gasteiger partial charge in [0, 0.05) is 6.92 Å². The van der Waals surface area contributed by atoms with Gasteiger partial charge in [-0.1, -0.05) is 18.2 Å². The minimum Gasteiger partial charge on any atom is -0.343 e. The Hall–Kier alpha value is -1.89. The molecule has 6 nitrogen and oxygen atoms in total. The van der Waals surface area contributed by atoms with E-state index in [2.05, 4.69) is 5.32 Å². The zero-order valence-corrected chi connectivity index (χ0v) is 11.2. The van der Waals surface area contributed by atoms with E-state index in [4.69, 9.17) is 0 Å². The Balaban J connectivity index is 2.01. The van der Waals surface area contributed by atoms with Crippen molar-refractivity contribution in [3.8, 4) is 0 Å². The summed E-state index contributed by atoms with van der Waals surface area (Å²) in [7, 11) is -3.51. The van der Waals surface area contributed by atoms with Gasteiger partial charge in [-0.25, -0.2) is 8.42 Å². The van der Waals surface area contributed by atoms with Crippen molar-refractivity contribution in [3.63, 3.8) is 0 Å². The molecule has 2 amide bonds. The highest BCUT2D eigenvalue weighted by molar-refractivity contribution is 7.91. The van der Waals surface area contributed by atoms with E-state index in [1.165, 1.54) is 24.0 Å². The molecule has 0 radical (unpaired) electrons. The van der Waals surface area contributed by atoms with Crippen molar-refractivity contribution in [2.45, 2.75) is 17.9 Å². The molecule has 7 heteroatoms. The zero-order chi connectivity index (χ0) is 14.0. The number of amides is 2. The standard InChI is InChI=1S/C12H14N2O4S/c1-9(15)13-11-7-14(12(11)16)8-19(17,18)10-5-3-2-4-6-10/h2-6,11H,7-8H2,1H3,(H,13,15). The number of hydrogen-bond donors (Lipinski definition) is 1. The van der Waals surface area contributed by atoms with Gasteiger partial charge in [-0.15, -0.1) is 0 Å². The van der Waals surface area contributed by atoms with Crippen molar-refractivity contribution >= 4 is 21.7 Å². The molecule has 102 valence electrons. The van der Waals surface area contributed by atoms with Gasteiger partial charge in [-0.3, -0.25) is 9.59 Å². The maximum atomic E-state index is 12.0. The number of carbonyl (C=O) groups excluding carboxylic acids is 2. The molecule has 1 aliphatic heterocycles. The van der Waals surface area contributed by atoms with Crippen LogP contribution in [0.4, 0.5) is 0 Å². The summed E-state index contributed by atoms with van der Waals surface area (Å²) in [5.74, 6) is -1.02. The summed E-state index contributed by atoms with van der Waals surface area (Å²) >= 11 is 0. The number of carbonyl (C=O) groups is 2. The lowest BCUT2D eigenvalue weighted by Crippen LogP contribution is -2.64. The lowest BCUT2D eigenvalue weighted by atomic mass is 10.1. The highest BCUT2D eigenvalue weighted by Gasteiger charge is 2.39. The molecule has 1 saturated heterocycles. The monoisotopic (exact) mass is 282 g/mol. The summed E-state index contributed by atoms with van der Waals surface area (Å²) in [6.45, 7) is 1.54. The van der Waals surface area contributed by atoms with Crippen molar-refractivity contribution in [1.82, 2.24) is 10.2 Å². The van der Waals surface area contributed by atoms with Gasteiger partial charge < -0.3 is 10.2 Å². The number of β-lactam (4-membered cyclic amide) rings is 1. The fourth-order valence-electron chi connectivity index (χ4n) is 1.87. The molecule has 1 N–H and O–H groups in total. The average Bonchev–Trinajstić information content (AvgIpc) is 2.37. The Morgan fingerprint density at radius 1 is 1.37 bits per heavy atom. The van der Waals surface area contributed by atoms with Crippen LogP contribution in [-0.4, -0.2) is 43.6 Å². The Kier molecular flexibility index (Phi) is 3.57. The van der Waals surface area contributed by atoms with Crippen molar-refractivity contribution < 1.29 is 18.0 Å². The summed E-state index contributed by atoms with van der Waals surface area (Å²) < 4.78 is 24.1. The van der Waals surface area contributed by atoms with E-state index in [9.17, 15) is 18.0 Å². The van der Waals surface area contributed by atoms with Gasteiger partial charge in [0.05, 0.1) is 11.4 Å². The van der Waals surface area contributed by atoms with E-state index in [-0.39, 0.29) is 29.1 Å². The minimum atomic E-state index is -3.51. The summed E-state index contributed by atoms with van der Waals surface area (Å²) in [5, 5.41) is 2.46. The molecule has 1 aromatic rings. The van der Waals surface area contributed by atoms with Crippen LogP contribution in [0, 0.1) is 0 Å². The first-order chi connectivity index (χ1) is 8.90. The number of rotatable bonds is 4. The van der Waals surface area contributed by atoms with Gasteiger partial charge in [0.1, 0.15) is 11.9 Å². The number of nitrogens with zero attached hydrogens (tertiary/aromatic N) is 1. The summed E-state index contributed by atoms with van der Waals surface area (Å²) in [4.78, 5) is 23.9. The Morgan fingerprint density at radius 3 is 2.53 bits per heavy atom. The van der Waals surface area contributed by atoms with E-state index in [1.54, 1.807) is 18.2 Å². The molecule has 0 aliphatic carbocycles. The van der Waals surface area contributed by atoms with Crippen LogP contribution in [0.3, 0.4) is 0 Å². The van der Waals surface area contributed by atoms with Crippen molar-refractivity contribution in [3.05, 3.63) is 30.3 Å². The maximum Gasteiger partial charge on any atom is 0.247 e. The van der Waals surface area contributed by atoms with E-state index >= 15 is 0 Å². The molecule has 1 unspecified atom stereocenters. The smallest absolute Gasteiger partial charge is 0.247 e. The summed E-state index contributed by atoms with van der Waals surface area (Å²) in [5.41, 5.74) is 0. The summed E-state index contributed by atoms with van der Waals surface area (Å²) in [6, 6.07) is 7.37. The van der Waals surface area contributed by atoms with Crippen LogP contribution >= 0.6 is 0 Å². The largest absolute Gasteiger partial charge is 0.343 e. The third-order valence-electron chi connectivity index (χ3n) is 2.82. The van der Waals surface area contributed by atoms with Crippen LogP contribution in [-0.2, 0) is 19.4 Å². The molecular formula is C12H14N2O4S. The minimum absolute atomic E-state index is 0.186. The quantitative estimate of drug-likeness (QED) is 0.773. The third kappa shape index (κ3) is 2.93. The van der Waals surface area contributed by atoms with Crippen LogP contribution in [0.1, 0.15) is 6.92 Å². The SMILES string of the molecule is CC(=O)NC1CN(CS(=O)(=O)c2ccccc2)C1=O. The van der Waals surface area contributed by atoms with Gasteiger partial charge >= 0.3 is 0 Å². The van der Waals surface area contributed by atoms with Crippen LogP contribution in [0.15, 0.2) is 35.2 Å². The van der Waals surface area contributed by atoms with Gasteiger partial charge in [0.25, 0.3) is 0 Å². The molecule has 0 aromatic heterocycles. The van der Waals surface area contributed by atoms with Crippen molar-refractivity contribution in [2.24, 2.45) is 0 Å². The molecule has 1 aromatic carbocycles. The molecule has 1 aliphatic rings. The van der Waals surface area contributed by atoms with Gasteiger partial charge in [0.2, 0.25) is 11.8 Å². The first-order valence-electron chi connectivity index (χ1n) is 5.74. The highest BCUT2D eigenvalue weighted by Crippen LogP contribution is 2.17. The van der Waals surface area contributed by atoms with Crippen molar-refractivity contribution in [2.75, 3.05) is 12.4 Å². The second-order valence-electron chi connectivity index (χ2n) is 4.37. The Morgan fingerprint density at radius 2 is 2.00 bits per heavy atom. The van der Waals surface area contributed by atoms with Crippen LogP contribution in [0.25, 0.3) is 0 Å². The van der Waals surface area contributed by atoms with Crippen LogP contribution in [0.5, 0.6) is 0 Å². The normalized spacial score (nSPS) is 18.9. The number of hydrogen-bond acceptors (Lipinski definition) is 4. The van der Waals surface area contributed by atoms with Gasteiger partial charge in [0.15, 0.2) is 9.84 Å². The predicted molar refractivity (Wildman–Crippen MR) is 67.8 cm³/mol. The van der Waals surface area contributed by atoms with E-state index in [0.717, 1.165) is 0 Å². The molecule has 0 spiro atoms. The fraction of sp³-hybridized carbons (Fsp3) is 0.333. The molecule has 0 bridgehead atoms. The fourth-order valence-corrected chi connectivity index (χ4v) is 3.24. The first-order valence-corrected chi connectivity index (χ1v) is 7.39. The van der Waals surface area contributed by atoms with Crippen LogP contribution < -0.4 is 5.32 Å². The van der Waals surface area contributed by atoms with E-state index in [0.29, 0.717) is 0 Å². The lowest BCUT2D eigenvalue weighted by Gasteiger charge is -2.37. The van der Waals surface area contributed by atoms with Crippen LogP contribution in [0.2, 0.25) is 0 Å². The van der Waals surface area contributed by atoms with Gasteiger partial charge in [-0.05, 0) is 12.1 Å². The first kappa shape index (κ1) is 13.5. The third-order valence-corrected chi connectivity index (χ3v) is 4.46. The molecule has 1 fully saturated rings. The second-order valence-corrected chi connectivity index (χ2v) is 6.33. The number of sulfone groups is 1. The van der Waals surface area contributed by atoms with E-state index in [1.807, 2.05) is 0 Å². The Bertz CT molecular complexity index is 597. The molecule has 2 rings (SSSR count). The molecule has 1 heterocycles. The highest BCUT2D eigenvalue weighted by atomic mass is 32.2. The maximum absolute atomic E-state index is 12.0. The molecule has 1 atom stereocenters. The topological polar surface area (TPSA) is 83.6 Å². The number of benzene rings is 1.